The normalized spacial score (nSPS) is 21.5. The maximum atomic E-state index is 12.8. The van der Waals surface area contributed by atoms with Gasteiger partial charge in [-0.05, 0) is 36.4 Å². The minimum Gasteiger partial charge on any atom is -0.484 e. The molecule has 4 rings (SSSR count). The quantitative estimate of drug-likeness (QED) is 0.308. The highest BCUT2D eigenvalue weighted by Gasteiger charge is 2.46. The van der Waals surface area contributed by atoms with Gasteiger partial charge in [0.2, 0.25) is 0 Å². The Hall–Kier alpha value is -4.28. The van der Waals surface area contributed by atoms with Crippen LogP contribution in [-0.2, 0) is 14.2 Å². The van der Waals surface area contributed by atoms with E-state index in [0.717, 1.165) is 0 Å². The number of hydrogen-bond acceptors (Lipinski definition) is 9. The summed E-state index contributed by atoms with van der Waals surface area (Å²) in [7, 11) is 0. The van der Waals surface area contributed by atoms with Gasteiger partial charge in [-0.1, -0.05) is 36.4 Å². The van der Waals surface area contributed by atoms with Crippen molar-refractivity contribution in [3.05, 3.63) is 106 Å². The Labute approximate surface area is 199 Å². The Balaban J connectivity index is 1.59. The molecule has 10 nitrogen and oxygen atoms in total. The number of non-ortho nitro benzene ring substituents is 1. The van der Waals surface area contributed by atoms with Crippen molar-refractivity contribution in [2.24, 2.45) is 0 Å². The number of rotatable bonds is 7. The fraction of sp³-hybridized carbons (Fsp3) is 0.200. The van der Waals surface area contributed by atoms with Gasteiger partial charge in [0.15, 0.2) is 24.6 Å². The first-order valence-corrected chi connectivity index (χ1v) is 10.7. The van der Waals surface area contributed by atoms with E-state index in [1.165, 1.54) is 36.4 Å². The maximum Gasteiger partial charge on any atom is 0.338 e. The average molecular weight is 479 g/mol. The number of ether oxygens (including phenoxy) is 4. The van der Waals surface area contributed by atoms with E-state index in [1.807, 2.05) is 0 Å². The minimum absolute atomic E-state index is 0.130. The Morgan fingerprint density at radius 2 is 1.34 bits per heavy atom. The summed E-state index contributed by atoms with van der Waals surface area (Å²) in [5.74, 6) is -1.24. The Bertz CT molecular complexity index is 1170. The molecule has 4 atom stereocenters. The summed E-state index contributed by atoms with van der Waals surface area (Å²) in [4.78, 5) is 35.9. The number of esters is 2. The number of carbonyl (C=O) groups excluding carboxylic acids is 2. The van der Waals surface area contributed by atoms with Crippen molar-refractivity contribution in [2.75, 3.05) is 6.61 Å². The van der Waals surface area contributed by atoms with Gasteiger partial charge in [-0.25, -0.2) is 9.59 Å². The van der Waals surface area contributed by atoms with Crippen LogP contribution in [0.5, 0.6) is 5.75 Å². The van der Waals surface area contributed by atoms with Crippen LogP contribution in [0.4, 0.5) is 5.69 Å². The molecule has 1 aliphatic heterocycles. The van der Waals surface area contributed by atoms with Gasteiger partial charge in [-0.3, -0.25) is 10.1 Å². The van der Waals surface area contributed by atoms with Gasteiger partial charge in [0, 0.05) is 12.1 Å². The van der Waals surface area contributed by atoms with E-state index in [1.54, 1.807) is 48.5 Å². The molecule has 0 bridgehead atoms. The third kappa shape index (κ3) is 5.81. The van der Waals surface area contributed by atoms with E-state index >= 15 is 0 Å². The molecule has 1 N–H and O–H groups in total. The third-order valence-corrected chi connectivity index (χ3v) is 5.24. The van der Waals surface area contributed by atoms with Crippen molar-refractivity contribution in [1.29, 1.82) is 0 Å². The molecule has 1 fully saturated rings. The molecule has 0 spiro atoms. The first-order chi connectivity index (χ1) is 16.9. The molecule has 1 aliphatic rings. The van der Waals surface area contributed by atoms with Gasteiger partial charge in [0.25, 0.3) is 5.69 Å². The monoisotopic (exact) mass is 479 g/mol. The van der Waals surface area contributed by atoms with E-state index in [0.29, 0.717) is 0 Å². The fourth-order valence-electron chi connectivity index (χ4n) is 3.48. The number of aliphatic hydroxyl groups is 1. The molecule has 0 saturated carbocycles. The van der Waals surface area contributed by atoms with E-state index in [2.05, 4.69) is 0 Å². The van der Waals surface area contributed by atoms with Crippen LogP contribution >= 0.6 is 0 Å². The average Bonchev–Trinajstić information content (AvgIpc) is 2.89. The third-order valence-electron chi connectivity index (χ3n) is 5.24. The highest BCUT2D eigenvalue weighted by atomic mass is 16.7. The Kier molecular flexibility index (Phi) is 7.34. The lowest BCUT2D eigenvalue weighted by Crippen LogP contribution is -2.58. The summed E-state index contributed by atoms with van der Waals surface area (Å²) in [6.45, 7) is -0.204. The number of benzene rings is 3. The van der Waals surface area contributed by atoms with Crippen LogP contribution in [0.2, 0.25) is 0 Å². The summed E-state index contributed by atoms with van der Waals surface area (Å²) in [5, 5.41) is 21.4. The van der Waals surface area contributed by atoms with E-state index in [-0.39, 0.29) is 29.2 Å². The molecule has 0 radical (unpaired) electrons. The maximum absolute atomic E-state index is 12.8. The summed E-state index contributed by atoms with van der Waals surface area (Å²) in [5.41, 5.74) is 0.344. The van der Waals surface area contributed by atoms with Gasteiger partial charge < -0.3 is 24.1 Å². The largest absolute Gasteiger partial charge is 0.484 e. The molecule has 0 amide bonds. The second-order valence-corrected chi connectivity index (χ2v) is 7.60. The van der Waals surface area contributed by atoms with Gasteiger partial charge in [-0.2, -0.15) is 0 Å². The van der Waals surface area contributed by atoms with Gasteiger partial charge in [0.05, 0.1) is 22.7 Å². The summed E-state index contributed by atoms with van der Waals surface area (Å²) < 4.78 is 22.4. The standard InChI is InChI=1S/C25H21NO9/c27-23(16-7-3-1-4-8-16)34-21-20(33-19-13-11-18(12-14-19)26(30)31)15-32-25(29)22(21)35-24(28)17-9-5-2-6-10-17/h1-14,20-22,25,29H,15H2/t20-,21+,22-,25-/m0/s1. The lowest BCUT2D eigenvalue weighted by Gasteiger charge is -2.39. The summed E-state index contributed by atoms with van der Waals surface area (Å²) >= 11 is 0. The first kappa shape index (κ1) is 23.9. The first-order valence-electron chi connectivity index (χ1n) is 10.7. The smallest absolute Gasteiger partial charge is 0.338 e. The number of nitro groups is 1. The molecule has 0 aliphatic carbocycles. The molecule has 180 valence electrons. The van der Waals surface area contributed by atoms with Gasteiger partial charge in [0.1, 0.15) is 5.75 Å². The highest BCUT2D eigenvalue weighted by molar-refractivity contribution is 5.90. The van der Waals surface area contributed by atoms with E-state index < -0.39 is 41.5 Å². The van der Waals surface area contributed by atoms with Gasteiger partial charge in [-0.15, -0.1) is 0 Å². The minimum atomic E-state index is -1.59. The van der Waals surface area contributed by atoms with Crippen molar-refractivity contribution in [1.82, 2.24) is 0 Å². The van der Waals surface area contributed by atoms with Gasteiger partial charge >= 0.3 is 11.9 Å². The van der Waals surface area contributed by atoms with Crippen LogP contribution < -0.4 is 4.74 Å². The highest BCUT2D eigenvalue weighted by Crippen LogP contribution is 2.27. The molecule has 10 heteroatoms. The molecule has 0 aromatic heterocycles. The van der Waals surface area contributed by atoms with Crippen molar-refractivity contribution < 1.29 is 38.6 Å². The molecule has 1 saturated heterocycles. The Morgan fingerprint density at radius 1 is 0.829 bits per heavy atom. The zero-order valence-electron chi connectivity index (χ0n) is 18.3. The van der Waals surface area contributed by atoms with Crippen LogP contribution in [0.25, 0.3) is 0 Å². The second-order valence-electron chi connectivity index (χ2n) is 7.60. The fourth-order valence-corrected chi connectivity index (χ4v) is 3.48. The van der Waals surface area contributed by atoms with Crippen LogP contribution in [-0.4, -0.2) is 53.2 Å². The number of hydrogen-bond donors (Lipinski definition) is 1. The molecular formula is C25H21NO9. The van der Waals surface area contributed by atoms with Crippen LogP contribution in [0.3, 0.4) is 0 Å². The second kappa shape index (κ2) is 10.8. The van der Waals surface area contributed by atoms with Crippen molar-refractivity contribution >= 4 is 17.6 Å². The molecule has 0 unspecified atom stereocenters. The predicted molar refractivity (Wildman–Crippen MR) is 121 cm³/mol. The molecular weight excluding hydrogens is 458 g/mol. The number of nitrogens with zero attached hydrogens (tertiary/aromatic N) is 1. The molecule has 3 aromatic carbocycles. The summed E-state index contributed by atoms with van der Waals surface area (Å²) in [6, 6.07) is 21.5. The molecule has 35 heavy (non-hydrogen) atoms. The molecule has 1 heterocycles. The van der Waals surface area contributed by atoms with E-state index in [9.17, 15) is 24.8 Å². The topological polar surface area (TPSA) is 134 Å². The van der Waals surface area contributed by atoms with Crippen LogP contribution in [0.15, 0.2) is 84.9 Å². The van der Waals surface area contributed by atoms with Crippen molar-refractivity contribution in [3.63, 3.8) is 0 Å². The Morgan fingerprint density at radius 3 is 1.86 bits per heavy atom. The lowest BCUT2D eigenvalue weighted by atomic mass is 10.0. The van der Waals surface area contributed by atoms with Crippen molar-refractivity contribution in [3.8, 4) is 5.75 Å². The number of carbonyl (C=O) groups is 2. The molecule has 3 aromatic rings. The summed E-state index contributed by atoms with van der Waals surface area (Å²) in [6.07, 6.45) is -5.25. The zero-order valence-corrected chi connectivity index (χ0v) is 18.3. The van der Waals surface area contributed by atoms with Crippen molar-refractivity contribution in [2.45, 2.75) is 24.6 Å². The number of aliphatic hydroxyl groups excluding tert-OH is 1. The van der Waals surface area contributed by atoms with E-state index in [4.69, 9.17) is 18.9 Å². The predicted octanol–water partition coefficient (Wildman–Crippen LogP) is 3.14. The van der Waals surface area contributed by atoms with Crippen LogP contribution in [0, 0.1) is 10.1 Å². The van der Waals surface area contributed by atoms with Crippen LogP contribution in [0.1, 0.15) is 20.7 Å². The number of nitro benzene ring substituents is 1. The zero-order chi connectivity index (χ0) is 24.8. The SMILES string of the molecule is O=C(O[C@H]1[C@H](OC(=O)c2ccccc2)[C@@H](O)OC[C@@H]1Oc1ccc([N+](=O)[O-])cc1)c1ccccc1. The lowest BCUT2D eigenvalue weighted by molar-refractivity contribution is -0.384.